The molecular formula is C13H11ClF3NO. The maximum Gasteiger partial charge on any atom is 0.416 e. The maximum absolute atomic E-state index is 13.0. The summed E-state index contributed by atoms with van der Waals surface area (Å²) in [5.74, 6) is 0.337. The van der Waals surface area contributed by atoms with E-state index in [-0.39, 0.29) is 10.8 Å². The lowest BCUT2D eigenvalue weighted by atomic mass is 9.98. The minimum absolute atomic E-state index is 0.100. The highest BCUT2D eigenvalue weighted by molar-refractivity contribution is 6.28. The highest BCUT2D eigenvalue weighted by Gasteiger charge is 2.35. The summed E-state index contributed by atoms with van der Waals surface area (Å²) in [6.45, 7) is 0. The van der Waals surface area contributed by atoms with Crippen LogP contribution in [0, 0.1) is 0 Å². The van der Waals surface area contributed by atoms with Gasteiger partial charge in [-0.2, -0.15) is 13.2 Å². The van der Waals surface area contributed by atoms with E-state index in [2.05, 4.69) is 5.32 Å². The van der Waals surface area contributed by atoms with Crippen LogP contribution in [-0.2, 0) is 6.18 Å². The molecule has 0 aliphatic carbocycles. The topological polar surface area (TPSA) is 25.2 Å². The summed E-state index contributed by atoms with van der Waals surface area (Å²) < 4.78 is 44.1. The van der Waals surface area contributed by atoms with Gasteiger partial charge in [0, 0.05) is 0 Å². The summed E-state index contributed by atoms with van der Waals surface area (Å²) in [5.41, 5.74) is -0.592. The van der Waals surface area contributed by atoms with Gasteiger partial charge in [0.05, 0.1) is 11.6 Å². The normalized spacial score (nSPS) is 13.5. The second kappa shape index (κ2) is 5.27. The van der Waals surface area contributed by atoms with Crippen LogP contribution < -0.4 is 5.32 Å². The van der Waals surface area contributed by atoms with Crippen molar-refractivity contribution < 1.29 is 17.6 Å². The second-order valence-electron chi connectivity index (χ2n) is 3.95. The van der Waals surface area contributed by atoms with Crippen molar-refractivity contribution in [1.82, 2.24) is 5.32 Å². The zero-order chi connectivity index (χ0) is 14.0. The maximum atomic E-state index is 13.0. The first-order valence-electron chi connectivity index (χ1n) is 5.52. The molecule has 0 spiro atoms. The van der Waals surface area contributed by atoms with E-state index in [1.54, 1.807) is 19.2 Å². The molecule has 1 heterocycles. The molecule has 6 heteroatoms. The molecule has 19 heavy (non-hydrogen) atoms. The Morgan fingerprint density at radius 2 is 1.84 bits per heavy atom. The number of alkyl halides is 3. The van der Waals surface area contributed by atoms with Crippen LogP contribution in [0.4, 0.5) is 13.2 Å². The van der Waals surface area contributed by atoms with Crippen molar-refractivity contribution in [3.05, 3.63) is 58.5 Å². The first kappa shape index (κ1) is 14.0. The molecule has 1 N–H and O–H groups in total. The van der Waals surface area contributed by atoms with Gasteiger partial charge in [-0.3, -0.25) is 0 Å². The molecule has 2 nitrogen and oxygen atoms in total. The molecule has 1 aromatic heterocycles. The predicted octanol–water partition coefficient (Wildman–Crippen LogP) is 4.26. The van der Waals surface area contributed by atoms with Crippen LogP contribution in [0.15, 0.2) is 40.8 Å². The molecule has 0 saturated heterocycles. The van der Waals surface area contributed by atoms with E-state index in [0.717, 1.165) is 6.07 Å². The number of furan rings is 1. The minimum Gasteiger partial charge on any atom is -0.448 e. The Labute approximate surface area is 113 Å². The number of rotatable bonds is 3. The minimum atomic E-state index is -4.41. The number of benzene rings is 1. The van der Waals surface area contributed by atoms with Crippen LogP contribution in [-0.4, -0.2) is 7.05 Å². The third kappa shape index (κ3) is 2.93. The number of nitrogens with one attached hydrogen (secondary N) is 1. The molecule has 0 amide bonds. The Hall–Kier alpha value is -1.46. The van der Waals surface area contributed by atoms with Crippen molar-refractivity contribution in [1.29, 1.82) is 0 Å². The molecule has 0 aliphatic heterocycles. The molecule has 0 fully saturated rings. The predicted molar refractivity (Wildman–Crippen MR) is 66.1 cm³/mol. The van der Waals surface area contributed by atoms with Crippen molar-refractivity contribution >= 4 is 11.6 Å². The molecule has 1 unspecified atom stereocenters. The average Bonchev–Trinajstić information content (AvgIpc) is 2.76. The summed E-state index contributed by atoms with van der Waals surface area (Å²) in [4.78, 5) is 0. The molecule has 2 aromatic rings. The van der Waals surface area contributed by atoms with Gasteiger partial charge in [0.15, 0.2) is 5.22 Å². The first-order chi connectivity index (χ1) is 8.93. The Kier molecular flexibility index (Phi) is 3.87. The van der Waals surface area contributed by atoms with E-state index in [9.17, 15) is 13.2 Å². The fourth-order valence-corrected chi connectivity index (χ4v) is 2.09. The zero-order valence-corrected chi connectivity index (χ0v) is 10.7. The van der Waals surface area contributed by atoms with Crippen molar-refractivity contribution in [2.45, 2.75) is 12.2 Å². The van der Waals surface area contributed by atoms with Gasteiger partial charge in [-0.05, 0) is 42.4 Å². The van der Waals surface area contributed by atoms with E-state index < -0.39 is 17.8 Å². The van der Waals surface area contributed by atoms with Crippen molar-refractivity contribution in [3.8, 4) is 0 Å². The summed E-state index contributed by atoms with van der Waals surface area (Å²) >= 11 is 5.66. The molecule has 0 bridgehead atoms. The first-order valence-corrected chi connectivity index (χ1v) is 5.90. The van der Waals surface area contributed by atoms with Gasteiger partial charge in [-0.25, -0.2) is 0 Å². The zero-order valence-electron chi connectivity index (χ0n) is 9.96. The SMILES string of the molecule is CNC(c1ccc(Cl)o1)c1ccccc1C(F)(F)F. The van der Waals surface area contributed by atoms with E-state index in [1.165, 1.54) is 18.2 Å². The number of halogens is 4. The molecule has 1 atom stereocenters. The van der Waals surface area contributed by atoms with Crippen LogP contribution in [0.2, 0.25) is 5.22 Å². The van der Waals surface area contributed by atoms with Crippen molar-refractivity contribution in [2.24, 2.45) is 0 Å². The van der Waals surface area contributed by atoms with Gasteiger partial charge in [-0.1, -0.05) is 18.2 Å². The fraction of sp³-hybridized carbons (Fsp3) is 0.231. The van der Waals surface area contributed by atoms with Gasteiger partial charge in [-0.15, -0.1) is 0 Å². The number of hydrogen-bond donors (Lipinski definition) is 1. The monoisotopic (exact) mass is 289 g/mol. The molecule has 0 aliphatic rings. The lowest BCUT2D eigenvalue weighted by Crippen LogP contribution is -2.21. The van der Waals surface area contributed by atoms with Crippen LogP contribution in [0.3, 0.4) is 0 Å². The van der Waals surface area contributed by atoms with Gasteiger partial charge < -0.3 is 9.73 Å². The van der Waals surface area contributed by atoms with Gasteiger partial charge in [0.25, 0.3) is 0 Å². The van der Waals surface area contributed by atoms with E-state index in [1.807, 2.05) is 0 Å². The molecule has 102 valence electrons. The lowest BCUT2D eigenvalue weighted by Gasteiger charge is -2.19. The third-order valence-electron chi connectivity index (χ3n) is 2.74. The van der Waals surface area contributed by atoms with E-state index in [0.29, 0.717) is 5.76 Å². The van der Waals surface area contributed by atoms with Crippen LogP contribution in [0.5, 0.6) is 0 Å². The third-order valence-corrected chi connectivity index (χ3v) is 2.95. The van der Waals surface area contributed by atoms with Gasteiger partial charge in [0.1, 0.15) is 5.76 Å². The van der Waals surface area contributed by atoms with Crippen LogP contribution in [0.1, 0.15) is 22.9 Å². The quantitative estimate of drug-likeness (QED) is 0.913. The highest BCUT2D eigenvalue weighted by atomic mass is 35.5. The highest BCUT2D eigenvalue weighted by Crippen LogP contribution is 2.36. The second-order valence-corrected chi connectivity index (χ2v) is 4.32. The lowest BCUT2D eigenvalue weighted by molar-refractivity contribution is -0.138. The fourth-order valence-electron chi connectivity index (χ4n) is 1.94. The standard InChI is InChI=1S/C13H11ClF3NO/c1-18-12(10-6-7-11(14)19-10)8-4-2-3-5-9(8)13(15,16)17/h2-7,12,18H,1H3. The van der Waals surface area contributed by atoms with Gasteiger partial charge >= 0.3 is 6.18 Å². The Balaban J connectivity index is 2.50. The van der Waals surface area contributed by atoms with E-state index in [4.69, 9.17) is 16.0 Å². The summed E-state index contributed by atoms with van der Waals surface area (Å²) in [5, 5.41) is 2.95. The molecule has 0 radical (unpaired) electrons. The Bertz CT molecular complexity index is 565. The smallest absolute Gasteiger partial charge is 0.416 e. The Morgan fingerprint density at radius 1 is 1.16 bits per heavy atom. The molecule has 2 rings (SSSR count). The summed E-state index contributed by atoms with van der Waals surface area (Å²) in [7, 11) is 1.56. The molecular weight excluding hydrogens is 279 g/mol. The van der Waals surface area contributed by atoms with Crippen molar-refractivity contribution in [2.75, 3.05) is 7.05 Å². The van der Waals surface area contributed by atoms with Crippen molar-refractivity contribution in [3.63, 3.8) is 0 Å². The van der Waals surface area contributed by atoms with Crippen LogP contribution in [0.25, 0.3) is 0 Å². The number of hydrogen-bond acceptors (Lipinski definition) is 2. The summed E-state index contributed by atoms with van der Waals surface area (Å²) in [6, 6.07) is 7.72. The van der Waals surface area contributed by atoms with E-state index >= 15 is 0 Å². The summed E-state index contributed by atoms with van der Waals surface area (Å²) in [6.07, 6.45) is -4.41. The molecule has 0 saturated carbocycles. The largest absolute Gasteiger partial charge is 0.448 e. The average molecular weight is 290 g/mol. The molecule has 1 aromatic carbocycles. The Morgan fingerprint density at radius 3 is 2.37 bits per heavy atom. The van der Waals surface area contributed by atoms with Crippen LogP contribution >= 0.6 is 11.6 Å². The van der Waals surface area contributed by atoms with Gasteiger partial charge in [0.2, 0.25) is 0 Å².